The van der Waals surface area contributed by atoms with E-state index in [1.54, 1.807) is 13.3 Å². The number of nitrogens with one attached hydrogen (secondary N) is 1. The molecule has 0 aliphatic carbocycles. The number of carbonyl (C=O) groups is 1. The van der Waals surface area contributed by atoms with Crippen LogP contribution in [0.3, 0.4) is 0 Å². The zero-order valence-corrected chi connectivity index (χ0v) is 23.7. The van der Waals surface area contributed by atoms with Gasteiger partial charge in [-0.3, -0.25) is 4.79 Å². The quantitative estimate of drug-likeness (QED) is 0.376. The summed E-state index contributed by atoms with van der Waals surface area (Å²) in [6, 6.07) is 15.0. The van der Waals surface area contributed by atoms with E-state index >= 15 is 0 Å². The zero-order chi connectivity index (χ0) is 27.5. The van der Waals surface area contributed by atoms with Gasteiger partial charge in [-0.25, -0.2) is 4.98 Å². The van der Waals surface area contributed by atoms with Crippen molar-refractivity contribution >= 4 is 40.2 Å². The predicted octanol–water partition coefficient (Wildman–Crippen LogP) is 5.62. The molecule has 1 amide bonds. The maximum absolute atomic E-state index is 12.4. The van der Waals surface area contributed by atoms with E-state index in [2.05, 4.69) is 79.3 Å². The van der Waals surface area contributed by atoms with Crippen molar-refractivity contribution in [3.63, 3.8) is 0 Å². The number of rotatable bonds is 3. The summed E-state index contributed by atoms with van der Waals surface area (Å²) in [6.45, 7) is 12.8. The SMILES string of the molecule is CC(=O)N1CC2(CCN(c3nc(Nc4cc(C(C)(C)C)ccc4C)c4c(ncn4C)n3)CC2)c2ccccc21. The second kappa shape index (κ2) is 9.07. The summed E-state index contributed by atoms with van der Waals surface area (Å²) in [7, 11) is 1.98. The number of nitrogens with zero attached hydrogens (tertiary/aromatic N) is 6. The molecule has 0 atom stereocenters. The highest BCUT2D eigenvalue weighted by atomic mass is 16.2. The number of anilines is 4. The molecule has 1 saturated heterocycles. The lowest BCUT2D eigenvalue weighted by Crippen LogP contribution is -2.46. The summed E-state index contributed by atoms with van der Waals surface area (Å²) in [5.74, 6) is 1.56. The van der Waals surface area contributed by atoms with Crippen LogP contribution < -0.4 is 15.1 Å². The Labute approximate surface area is 230 Å². The van der Waals surface area contributed by atoms with Gasteiger partial charge in [0.2, 0.25) is 11.9 Å². The molecule has 1 N–H and O–H groups in total. The van der Waals surface area contributed by atoms with Crippen LogP contribution >= 0.6 is 0 Å². The Morgan fingerprint density at radius 2 is 1.79 bits per heavy atom. The molecule has 2 aromatic heterocycles. The Hall–Kier alpha value is -3.94. The smallest absolute Gasteiger partial charge is 0.229 e. The van der Waals surface area contributed by atoms with Crippen LogP contribution in [0.15, 0.2) is 48.8 Å². The van der Waals surface area contributed by atoms with Gasteiger partial charge in [0.05, 0.1) is 6.33 Å². The molecular formula is C31H37N7O. The van der Waals surface area contributed by atoms with E-state index in [1.165, 1.54) is 11.1 Å². The molecule has 0 saturated carbocycles. The first kappa shape index (κ1) is 25.3. The van der Waals surface area contributed by atoms with Crippen LogP contribution in [0.5, 0.6) is 0 Å². The molecule has 39 heavy (non-hydrogen) atoms. The van der Waals surface area contributed by atoms with Crippen molar-refractivity contribution in [3.05, 3.63) is 65.5 Å². The Morgan fingerprint density at radius 1 is 1.05 bits per heavy atom. The molecule has 2 aliphatic heterocycles. The summed E-state index contributed by atoms with van der Waals surface area (Å²) in [4.78, 5) is 31.2. The first-order chi connectivity index (χ1) is 18.6. The number of aromatic nitrogens is 4. The Bertz CT molecular complexity index is 1570. The van der Waals surface area contributed by atoms with Crippen LogP contribution in [-0.4, -0.2) is 45.1 Å². The van der Waals surface area contributed by atoms with E-state index in [0.717, 1.165) is 60.7 Å². The molecule has 1 fully saturated rings. The third-order valence-electron chi connectivity index (χ3n) is 8.53. The van der Waals surface area contributed by atoms with Crippen LogP contribution in [0.25, 0.3) is 11.2 Å². The van der Waals surface area contributed by atoms with Gasteiger partial charge < -0.3 is 19.7 Å². The van der Waals surface area contributed by atoms with E-state index in [1.807, 2.05) is 22.6 Å². The molecule has 2 aliphatic rings. The number of imidazole rings is 1. The second-order valence-corrected chi connectivity index (χ2v) is 12.2. The average molecular weight is 524 g/mol. The van der Waals surface area contributed by atoms with Gasteiger partial charge in [0.25, 0.3) is 0 Å². The first-order valence-electron chi connectivity index (χ1n) is 13.8. The topological polar surface area (TPSA) is 79.2 Å². The van der Waals surface area contributed by atoms with Crippen molar-refractivity contribution in [1.82, 2.24) is 19.5 Å². The summed E-state index contributed by atoms with van der Waals surface area (Å²) in [5, 5.41) is 3.63. The van der Waals surface area contributed by atoms with Crippen molar-refractivity contribution in [2.75, 3.05) is 34.8 Å². The number of para-hydroxylation sites is 1. The maximum Gasteiger partial charge on any atom is 0.229 e. The summed E-state index contributed by atoms with van der Waals surface area (Å²) in [6.07, 6.45) is 3.67. The highest BCUT2D eigenvalue weighted by molar-refractivity contribution is 5.95. The largest absolute Gasteiger partial charge is 0.341 e. The Kier molecular flexibility index (Phi) is 5.90. The summed E-state index contributed by atoms with van der Waals surface area (Å²) in [5.41, 5.74) is 7.40. The molecule has 6 rings (SSSR count). The van der Waals surface area contributed by atoms with Gasteiger partial charge in [0.15, 0.2) is 11.5 Å². The first-order valence-corrected chi connectivity index (χ1v) is 13.8. The minimum absolute atomic E-state index is 0.0283. The van der Waals surface area contributed by atoms with E-state index in [9.17, 15) is 4.79 Å². The fourth-order valence-electron chi connectivity index (χ4n) is 6.10. The average Bonchev–Trinajstić information content (AvgIpc) is 3.44. The number of amides is 1. The number of benzene rings is 2. The van der Waals surface area contributed by atoms with E-state index in [4.69, 9.17) is 9.97 Å². The fourth-order valence-corrected chi connectivity index (χ4v) is 6.10. The number of hydrogen-bond donors (Lipinski definition) is 1. The molecule has 1 spiro atoms. The minimum atomic E-state index is -0.0283. The van der Waals surface area contributed by atoms with Crippen LogP contribution in [0.2, 0.25) is 0 Å². The predicted molar refractivity (Wildman–Crippen MR) is 157 cm³/mol. The summed E-state index contributed by atoms with van der Waals surface area (Å²) < 4.78 is 1.97. The molecule has 2 aromatic carbocycles. The zero-order valence-electron chi connectivity index (χ0n) is 23.7. The monoisotopic (exact) mass is 523 g/mol. The van der Waals surface area contributed by atoms with E-state index < -0.39 is 0 Å². The third-order valence-corrected chi connectivity index (χ3v) is 8.53. The van der Waals surface area contributed by atoms with Gasteiger partial charge in [-0.1, -0.05) is 51.1 Å². The van der Waals surface area contributed by atoms with Crippen molar-refractivity contribution in [1.29, 1.82) is 0 Å². The number of piperidine rings is 1. The van der Waals surface area contributed by atoms with Crippen molar-refractivity contribution < 1.29 is 4.79 Å². The normalized spacial score (nSPS) is 16.7. The highest BCUT2D eigenvalue weighted by Gasteiger charge is 2.46. The number of hydrogen-bond acceptors (Lipinski definition) is 6. The number of carbonyl (C=O) groups excluding carboxylic acids is 1. The molecule has 8 nitrogen and oxygen atoms in total. The number of fused-ring (bicyclic) bond motifs is 3. The van der Waals surface area contributed by atoms with E-state index in [0.29, 0.717) is 11.6 Å². The third kappa shape index (κ3) is 4.32. The molecule has 0 unspecified atom stereocenters. The maximum atomic E-state index is 12.4. The molecule has 4 aromatic rings. The highest BCUT2D eigenvalue weighted by Crippen LogP contribution is 2.47. The van der Waals surface area contributed by atoms with Crippen molar-refractivity contribution in [2.45, 2.75) is 58.3 Å². The van der Waals surface area contributed by atoms with Gasteiger partial charge in [0, 0.05) is 50.4 Å². The van der Waals surface area contributed by atoms with Gasteiger partial charge in [-0.2, -0.15) is 9.97 Å². The molecule has 0 bridgehead atoms. The Morgan fingerprint density at radius 3 is 2.51 bits per heavy atom. The number of aryl methyl sites for hydroxylation is 2. The lowest BCUT2D eigenvalue weighted by molar-refractivity contribution is -0.116. The van der Waals surface area contributed by atoms with Gasteiger partial charge in [0.1, 0.15) is 5.52 Å². The Balaban J connectivity index is 1.32. The molecule has 8 heteroatoms. The minimum Gasteiger partial charge on any atom is -0.341 e. The molecular weight excluding hydrogens is 486 g/mol. The van der Waals surface area contributed by atoms with Crippen LogP contribution in [-0.2, 0) is 22.7 Å². The summed E-state index contributed by atoms with van der Waals surface area (Å²) >= 11 is 0. The van der Waals surface area contributed by atoms with Crippen LogP contribution in [0.1, 0.15) is 57.2 Å². The van der Waals surface area contributed by atoms with Crippen molar-refractivity contribution in [3.8, 4) is 0 Å². The standard InChI is InChI=1S/C31H37N7O/c1-20-11-12-22(30(3,4)5)17-24(20)33-28-26-27(32-19-36(26)6)34-29(35-28)37-15-13-31(14-16-37)18-38(21(2)39)25-10-8-7-9-23(25)31/h7-12,17,19H,13-16,18H2,1-6H3,(H,33,34,35). The van der Waals surface area contributed by atoms with Gasteiger partial charge >= 0.3 is 0 Å². The van der Waals surface area contributed by atoms with Gasteiger partial charge in [-0.15, -0.1) is 0 Å². The van der Waals surface area contributed by atoms with Crippen molar-refractivity contribution in [2.24, 2.45) is 7.05 Å². The molecule has 202 valence electrons. The van der Waals surface area contributed by atoms with Crippen LogP contribution in [0, 0.1) is 6.92 Å². The molecule has 4 heterocycles. The lowest BCUT2D eigenvalue weighted by atomic mass is 9.74. The second-order valence-electron chi connectivity index (χ2n) is 12.2. The van der Waals surface area contributed by atoms with Crippen LogP contribution in [0.4, 0.5) is 23.1 Å². The van der Waals surface area contributed by atoms with E-state index in [-0.39, 0.29) is 16.7 Å². The lowest BCUT2D eigenvalue weighted by Gasteiger charge is -2.39. The fraction of sp³-hybridized carbons (Fsp3) is 0.419. The van der Waals surface area contributed by atoms with Gasteiger partial charge in [-0.05, 0) is 54.0 Å². The molecule has 0 radical (unpaired) electrons.